The zero-order valence-corrected chi connectivity index (χ0v) is 17.7. The fraction of sp³-hybridized carbons (Fsp3) is 0.550. The molecule has 9 heteroatoms. The lowest BCUT2D eigenvalue weighted by molar-refractivity contribution is -0.151. The Morgan fingerprint density at radius 3 is 2.41 bits per heavy atom. The highest BCUT2D eigenvalue weighted by atomic mass is 35.5. The summed E-state index contributed by atoms with van der Waals surface area (Å²) in [5.41, 5.74) is 0.137. The first-order valence-electron chi connectivity index (χ1n) is 9.43. The van der Waals surface area contributed by atoms with Gasteiger partial charge in [0.15, 0.2) is 0 Å². The molecule has 158 valence electrons. The molecule has 3 rings (SSSR count). The minimum Gasteiger partial charge on any atom is -0.399 e. The Bertz CT molecular complexity index is 789. The Morgan fingerprint density at radius 1 is 1.24 bits per heavy atom. The van der Waals surface area contributed by atoms with Gasteiger partial charge in [0.2, 0.25) is 5.91 Å². The largest absolute Gasteiger partial charge is 0.494 e. The Balaban J connectivity index is 1.98. The van der Waals surface area contributed by atoms with Crippen LogP contribution in [-0.2, 0) is 18.8 Å². The predicted molar refractivity (Wildman–Crippen MR) is 108 cm³/mol. The quantitative estimate of drug-likeness (QED) is 0.546. The van der Waals surface area contributed by atoms with E-state index >= 15 is 0 Å². The molecule has 0 bridgehead atoms. The number of alkyl halides is 2. The first-order chi connectivity index (χ1) is 13.5. The van der Waals surface area contributed by atoms with E-state index < -0.39 is 42.7 Å². The van der Waals surface area contributed by atoms with Crippen molar-refractivity contribution in [2.45, 2.75) is 57.4 Å². The minimum absolute atomic E-state index is 0.0753. The molecule has 2 atom stereocenters. The second kappa shape index (κ2) is 7.98. The molecule has 1 amide bonds. The second-order valence-electron chi connectivity index (χ2n) is 8.31. The SMILES string of the molecule is C=CC(=O)N1C(C(F)F)COC[C@H]1c1cc(Cl)cc(B2OC(C)(C)C(C)(C)O2)c1. The van der Waals surface area contributed by atoms with Crippen molar-refractivity contribution < 1.29 is 27.6 Å². The van der Waals surface area contributed by atoms with Crippen molar-refractivity contribution in [1.82, 2.24) is 4.90 Å². The van der Waals surface area contributed by atoms with E-state index in [-0.39, 0.29) is 13.2 Å². The number of halogens is 3. The summed E-state index contributed by atoms with van der Waals surface area (Å²) < 4.78 is 44.7. The fourth-order valence-corrected chi connectivity index (χ4v) is 3.76. The van der Waals surface area contributed by atoms with Crippen LogP contribution in [0.1, 0.15) is 39.3 Å². The fourth-order valence-electron chi connectivity index (χ4n) is 3.51. The van der Waals surface area contributed by atoms with Crippen LogP contribution in [0.25, 0.3) is 0 Å². The number of carbonyl (C=O) groups excluding carboxylic acids is 1. The molecule has 0 radical (unpaired) electrons. The van der Waals surface area contributed by atoms with Gasteiger partial charge in [-0.3, -0.25) is 4.79 Å². The van der Waals surface area contributed by atoms with Crippen molar-refractivity contribution in [3.05, 3.63) is 41.4 Å². The van der Waals surface area contributed by atoms with Gasteiger partial charge >= 0.3 is 7.12 Å². The van der Waals surface area contributed by atoms with Crippen LogP contribution in [0.3, 0.4) is 0 Å². The molecular formula is C20H25BClF2NO4. The number of hydrogen-bond donors (Lipinski definition) is 0. The normalized spacial score (nSPS) is 26.1. The lowest BCUT2D eigenvalue weighted by Crippen LogP contribution is -2.53. The van der Waals surface area contributed by atoms with Crippen LogP contribution in [0.4, 0.5) is 8.78 Å². The number of amides is 1. The molecule has 0 spiro atoms. The summed E-state index contributed by atoms with van der Waals surface area (Å²) in [6.07, 6.45) is -1.71. The third-order valence-electron chi connectivity index (χ3n) is 5.83. The van der Waals surface area contributed by atoms with Gasteiger partial charge in [-0.25, -0.2) is 8.78 Å². The number of morpholine rings is 1. The van der Waals surface area contributed by atoms with E-state index in [2.05, 4.69) is 6.58 Å². The topological polar surface area (TPSA) is 48.0 Å². The number of rotatable bonds is 4. The third-order valence-corrected chi connectivity index (χ3v) is 6.05. The Morgan fingerprint density at radius 2 is 1.86 bits per heavy atom. The van der Waals surface area contributed by atoms with Crippen LogP contribution >= 0.6 is 11.6 Å². The summed E-state index contributed by atoms with van der Waals surface area (Å²) in [6.45, 7) is 11.0. The van der Waals surface area contributed by atoms with Crippen molar-refractivity contribution in [3.63, 3.8) is 0 Å². The highest BCUT2D eigenvalue weighted by Crippen LogP contribution is 2.37. The summed E-state index contributed by atoms with van der Waals surface area (Å²) in [7, 11) is -0.670. The standard InChI is InChI=1S/C20H25BClF2NO4/c1-6-17(26)25-15(10-27-11-16(25)18(23)24)12-7-13(9-14(22)8-12)21-28-19(2,3)20(4,5)29-21/h6-9,15-16,18H,1,10-11H2,2-5H3/t15-,16?/m0/s1. The Hall–Kier alpha value is -1.48. The Kier molecular flexibility index (Phi) is 6.12. The number of hydrogen-bond acceptors (Lipinski definition) is 4. The molecule has 1 aromatic carbocycles. The smallest absolute Gasteiger partial charge is 0.399 e. The van der Waals surface area contributed by atoms with Gasteiger partial charge in [0.25, 0.3) is 6.43 Å². The zero-order valence-electron chi connectivity index (χ0n) is 17.0. The molecule has 2 aliphatic heterocycles. The van der Waals surface area contributed by atoms with E-state index in [1.165, 1.54) is 0 Å². The first kappa shape index (κ1) is 22.2. The van der Waals surface area contributed by atoms with Crippen molar-refractivity contribution in [2.24, 2.45) is 0 Å². The molecule has 2 aliphatic rings. The molecule has 29 heavy (non-hydrogen) atoms. The minimum atomic E-state index is -2.75. The Labute approximate surface area is 175 Å². The van der Waals surface area contributed by atoms with Gasteiger partial charge in [0.1, 0.15) is 6.04 Å². The van der Waals surface area contributed by atoms with E-state index in [4.69, 9.17) is 25.6 Å². The number of carbonyl (C=O) groups is 1. The van der Waals surface area contributed by atoms with Gasteiger partial charge < -0.3 is 18.9 Å². The van der Waals surface area contributed by atoms with E-state index in [9.17, 15) is 13.6 Å². The summed E-state index contributed by atoms with van der Waals surface area (Å²) in [6, 6.07) is 3.02. The maximum Gasteiger partial charge on any atom is 0.494 e. The number of benzene rings is 1. The predicted octanol–water partition coefficient (Wildman–Crippen LogP) is 3.36. The average Bonchev–Trinajstić information content (AvgIpc) is 2.87. The number of nitrogens with zero attached hydrogens (tertiary/aromatic N) is 1. The summed E-state index contributed by atoms with van der Waals surface area (Å²) in [5, 5.41) is 0.386. The molecule has 0 N–H and O–H groups in total. The molecule has 5 nitrogen and oxygen atoms in total. The second-order valence-corrected chi connectivity index (χ2v) is 8.75. The van der Waals surface area contributed by atoms with Gasteiger partial charge in [0.05, 0.1) is 30.5 Å². The summed E-state index contributed by atoms with van der Waals surface area (Å²) >= 11 is 6.33. The van der Waals surface area contributed by atoms with Crippen LogP contribution in [-0.4, -0.2) is 54.8 Å². The van der Waals surface area contributed by atoms with Crippen LogP contribution in [0.15, 0.2) is 30.9 Å². The van der Waals surface area contributed by atoms with Crippen molar-refractivity contribution in [1.29, 1.82) is 0 Å². The monoisotopic (exact) mass is 427 g/mol. The molecule has 2 fully saturated rings. The number of ether oxygens (including phenoxy) is 1. The van der Waals surface area contributed by atoms with Crippen LogP contribution in [0, 0.1) is 0 Å². The van der Waals surface area contributed by atoms with Gasteiger partial charge in [-0.1, -0.05) is 24.2 Å². The molecule has 0 saturated carbocycles. The summed E-state index contributed by atoms with van der Waals surface area (Å²) in [4.78, 5) is 13.5. The van der Waals surface area contributed by atoms with E-state index in [0.717, 1.165) is 11.0 Å². The lowest BCUT2D eigenvalue weighted by atomic mass is 9.77. The van der Waals surface area contributed by atoms with Crippen molar-refractivity contribution >= 4 is 30.1 Å². The molecular weight excluding hydrogens is 402 g/mol. The van der Waals surface area contributed by atoms with Gasteiger partial charge in [0, 0.05) is 5.02 Å². The maximum atomic E-state index is 13.6. The van der Waals surface area contributed by atoms with Crippen LogP contribution in [0.2, 0.25) is 5.02 Å². The van der Waals surface area contributed by atoms with Crippen LogP contribution < -0.4 is 5.46 Å². The highest BCUT2D eigenvalue weighted by Gasteiger charge is 2.52. The molecule has 2 saturated heterocycles. The van der Waals surface area contributed by atoms with Crippen molar-refractivity contribution in [3.8, 4) is 0 Å². The zero-order chi connectivity index (χ0) is 21.6. The first-order valence-corrected chi connectivity index (χ1v) is 9.81. The average molecular weight is 428 g/mol. The van der Waals surface area contributed by atoms with Gasteiger partial charge in [-0.15, -0.1) is 0 Å². The summed E-state index contributed by atoms with van der Waals surface area (Å²) in [5.74, 6) is -0.583. The molecule has 1 aromatic rings. The van der Waals surface area contributed by atoms with Crippen LogP contribution in [0.5, 0.6) is 0 Å². The van der Waals surface area contributed by atoms with Crippen molar-refractivity contribution in [2.75, 3.05) is 13.2 Å². The lowest BCUT2D eigenvalue weighted by Gasteiger charge is -2.41. The van der Waals surface area contributed by atoms with Gasteiger partial charge in [-0.05, 0) is 56.9 Å². The molecule has 1 unspecified atom stereocenters. The van der Waals surface area contributed by atoms with E-state index in [0.29, 0.717) is 16.0 Å². The molecule has 0 aliphatic carbocycles. The van der Waals surface area contributed by atoms with E-state index in [1.807, 2.05) is 27.7 Å². The van der Waals surface area contributed by atoms with Gasteiger partial charge in [-0.2, -0.15) is 0 Å². The molecule has 2 heterocycles. The molecule has 0 aromatic heterocycles. The maximum absolute atomic E-state index is 13.6. The third kappa shape index (κ3) is 4.21. The van der Waals surface area contributed by atoms with E-state index in [1.54, 1.807) is 18.2 Å². The highest BCUT2D eigenvalue weighted by molar-refractivity contribution is 6.62.